The largest absolute Gasteiger partial charge is 0.486 e. The molecule has 218 valence electrons. The molecule has 0 fully saturated rings. The molecule has 1 aliphatic rings. The normalized spacial score (nSPS) is 13.2. The first kappa shape index (κ1) is 30.4. The number of halogens is 1. The van der Waals surface area contributed by atoms with Gasteiger partial charge in [-0.1, -0.05) is 59.6 Å². The van der Waals surface area contributed by atoms with Crippen molar-refractivity contribution in [1.82, 2.24) is 10.2 Å². The summed E-state index contributed by atoms with van der Waals surface area (Å²) in [6.45, 7) is 4.46. The Hall–Kier alpha value is -3.57. The Balaban J connectivity index is 1.71. The SMILES string of the molecule is CCCCNC(=O)[C@@H](C)N(Cc1cccc(Br)c1)C(=O)CN(c1ccc2c(c1)OCCO2)S(=O)(=O)c1ccccc1. The van der Waals surface area contributed by atoms with Gasteiger partial charge in [-0.25, -0.2) is 8.42 Å². The third-order valence-electron chi connectivity index (χ3n) is 6.66. The summed E-state index contributed by atoms with van der Waals surface area (Å²) < 4.78 is 41.1. The van der Waals surface area contributed by atoms with E-state index in [1.165, 1.54) is 17.0 Å². The van der Waals surface area contributed by atoms with Gasteiger partial charge in [0.25, 0.3) is 10.0 Å². The maximum absolute atomic E-state index is 14.0. The summed E-state index contributed by atoms with van der Waals surface area (Å²) in [6.07, 6.45) is 1.72. The Labute approximate surface area is 249 Å². The molecule has 0 aromatic heterocycles. The molecule has 0 spiro atoms. The standard InChI is InChI=1S/C30H34BrN3O6S/c1-3-4-15-32-30(36)22(2)33(20-23-9-8-10-24(31)18-23)29(35)21-34(41(37,38)26-11-6-5-7-12-26)25-13-14-27-28(19-25)40-17-16-39-27/h5-14,18-19,22H,3-4,15-17,20-21H2,1-2H3,(H,32,36)/t22-/m1/s1. The fourth-order valence-corrected chi connectivity index (χ4v) is 6.26. The number of anilines is 1. The highest BCUT2D eigenvalue weighted by atomic mass is 79.9. The molecular weight excluding hydrogens is 610 g/mol. The van der Waals surface area contributed by atoms with Crippen LogP contribution in [0.5, 0.6) is 11.5 Å². The smallest absolute Gasteiger partial charge is 0.264 e. The fourth-order valence-electron chi connectivity index (χ4n) is 4.39. The van der Waals surface area contributed by atoms with Crippen LogP contribution in [0, 0.1) is 0 Å². The van der Waals surface area contributed by atoms with Crippen molar-refractivity contribution in [2.24, 2.45) is 0 Å². The molecular formula is C30H34BrN3O6S. The van der Waals surface area contributed by atoms with Crippen LogP contribution in [0.3, 0.4) is 0 Å². The number of fused-ring (bicyclic) bond motifs is 1. The molecule has 11 heteroatoms. The van der Waals surface area contributed by atoms with E-state index >= 15 is 0 Å². The Kier molecular flexibility index (Phi) is 10.3. The Morgan fingerprint density at radius 1 is 0.976 bits per heavy atom. The van der Waals surface area contributed by atoms with Crippen LogP contribution in [-0.2, 0) is 26.2 Å². The van der Waals surface area contributed by atoms with Crippen LogP contribution in [0.25, 0.3) is 0 Å². The van der Waals surface area contributed by atoms with Crippen molar-refractivity contribution < 1.29 is 27.5 Å². The molecule has 0 saturated heterocycles. The van der Waals surface area contributed by atoms with Crippen molar-refractivity contribution in [3.8, 4) is 11.5 Å². The minimum absolute atomic E-state index is 0.0339. The van der Waals surface area contributed by atoms with Gasteiger partial charge in [-0.05, 0) is 55.3 Å². The van der Waals surface area contributed by atoms with Crippen molar-refractivity contribution in [3.63, 3.8) is 0 Å². The summed E-state index contributed by atoms with van der Waals surface area (Å²) in [5.41, 5.74) is 1.03. The van der Waals surface area contributed by atoms with E-state index in [2.05, 4.69) is 21.2 Å². The number of benzene rings is 3. The van der Waals surface area contributed by atoms with Crippen LogP contribution in [0.15, 0.2) is 82.2 Å². The van der Waals surface area contributed by atoms with E-state index in [-0.39, 0.29) is 23.0 Å². The van der Waals surface area contributed by atoms with Gasteiger partial charge in [-0.2, -0.15) is 0 Å². The van der Waals surface area contributed by atoms with Crippen molar-refractivity contribution in [1.29, 1.82) is 0 Å². The van der Waals surface area contributed by atoms with E-state index in [1.54, 1.807) is 43.3 Å². The molecule has 9 nitrogen and oxygen atoms in total. The number of carbonyl (C=O) groups is 2. The Morgan fingerprint density at radius 3 is 2.41 bits per heavy atom. The number of amides is 2. The van der Waals surface area contributed by atoms with Gasteiger partial charge in [0.05, 0.1) is 10.6 Å². The number of nitrogens with zero attached hydrogens (tertiary/aromatic N) is 2. The first-order chi connectivity index (χ1) is 19.7. The van der Waals surface area contributed by atoms with Gasteiger partial charge in [-0.3, -0.25) is 13.9 Å². The van der Waals surface area contributed by atoms with Crippen LogP contribution < -0.4 is 19.1 Å². The molecule has 41 heavy (non-hydrogen) atoms. The van der Waals surface area contributed by atoms with E-state index in [9.17, 15) is 18.0 Å². The van der Waals surface area contributed by atoms with Gasteiger partial charge in [0.1, 0.15) is 25.8 Å². The van der Waals surface area contributed by atoms with E-state index in [0.717, 1.165) is 27.2 Å². The quantitative estimate of drug-likeness (QED) is 0.286. The minimum atomic E-state index is -4.17. The molecule has 1 aliphatic heterocycles. The van der Waals surface area contributed by atoms with Crippen molar-refractivity contribution >= 4 is 43.5 Å². The Morgan fingerprint density at radius 2 is 1.71 bits per heavy atom. The van der Waals surface area contributed by atoms with Gasteiger partial charge in [0.15, 0.2) is 11.5 Å². The lowest BCUT2D eigenvalue weighted by Gasteiger charge is -2.32. The summed E-state index contributed by atoms with van der Waals surface area (Å²) in [5.74, 6) is 0.0530. The third-order valence-corrected chi connectivity index (χ3v) is 8.94. The first-order valence-corrected chi connectivity index (χ1v) is 15.7. The summed E-state index contributed by atoms with van der Waals surface area (Å²) in [6, 6.07) is 19.3. The maximum atomic E-state index is 14.0. The number of unbranched alkanes of at least 4 members (excludes halogenated alkanes) is 1. The molecule has 3 aromatic carbocycles. The molecule has 0 saturated carbocycles. The van der Waals surface area contributed by atoms with Gasteiger partial charge in [0, 0.05) is 23.6 Å². The number of hydrogen-bond donors (Lipinski definition) is 1. The fraction of sp³-hybridized carbons (Fsp3) is 0.333. The van der Waals surface area contributed by atoms with Crippen molar-refractivity contribution in [3.05, 3.63) is 82.8 Å². The summed E-state index contributed by atoms with van der Waals surface area (Å²) >= 11 is 3.46. The van der Waals surface area contributed by atoms with Crippen molar-refractivity contribution in [2.45, 2.75) is 44.2 Å². The van der Waals surface area contributed by atoms with Crippen LogP contribution >= 0.6 is 15.9 Å². The molecule has 1 N–H and O–H groups in total. The van der Waals surface area contributed by atoms with Gasteiger partial charge < -0.3 is 19.7 Å². The topological polar surface area (TPSA) is 105 Å². The van der Waals surface area contributed by atoms with E-state index < -0.39 is 28.5 Å². The van der Waals surface area contributed by atoms with E-state index in [4.69, 9.17) is 9.47 Å². The number of sulfonamides is 1. The van der Waals surface area contributed by atoms with Gasteiger partial charge >= 0.3 is 0 Å². The lowest BCUT2D eigenvalue weighted by molar-refractivity contribution is -0.139. The summed E-state index contributed by atoms with van der Waals surface area (Å²) in [4.78, 5) is 28.6. The van der Waals surface area contributed by atoms with Crippen LogP contribution in [-0.4, -0.2) is 57.5 Å². The highest BCUT2D eigenvalue weighted by molar-refractivity contribution is 9.10. The zero-order valence-corrected chi connectivity index (χ0v) is 25.5. The van der Waals surface area contributed by atoms with Gasteiger partial charge in [-0.15, -0.1) is 0 Å². The molecule has 0 radical (unpaired) electrons. The number of hydrogen-bond acceptors (Lipinski definition) is 6. The summed E-state index contributed by atoms with van der Waals surface area (Å²) in [7, 11) is -4.17. The average molecular weight is 645 g/mol. The zero-order valence-electron chi connectivity index (χ0n) is 23.1. The maximum Gasteiger partial charge on any atom is 0.264 e. The third kappa shape index (κ3) is 7.59. The molecule has 1 atom stereocenters. The number of ether oxygens (including phenoxy) is 2. The van der Waals surface area contributed by atoms with Crippen LogP contribution in [0.2, 0.25) is 0 Å². The second-order valence-electron chi connectivity index (χ2n) is 9.62. The van der Waals surface area contributed by atoms with E-state index in [1.807, 2.05) is 31.2 Å². The molecule has 0 unspecified atom stereocenters. The zero-order chi connectivity index (χ0) is 29.4. The predicted molar refractivity (Wildman–Crippen MR) is 160 cm³/mol. The monoisotopic (exact) mass is 643 g/mol. The lowest BCUT2D eigenvalue weighted by Crippen LogP contribution is -2.51. The van der Waals surface area contributed by atoms with E-state index in [0.29, 0.717) is 31.3 Å². The Bertz CT molecular complexity index is 1470. The highest BCUT2D eigenvalue weighted by Crippen LogP contribution is 2.36. The van der Waals surface area contributed by atoms with Gasteiger partial charge in [0.2, 0.25) is 11.8 Å². The minimum Gasteiger partial charge on any atom is -0.486 e. The molecule has 3 aromatic rings. The van der Waals surface area contributed by atoms with Crippen molar-refractivity contribution in [2.75, 3.05) is 30.6 Å². The van der Waals surface area contributed by atoms with Crippen LogP contribution in [0.4, 0.5) is 5.69 Å². The first-order valence-electron chi connectivity index (χ1n) is 13.5. The molecule has 0 bridgehead atoms. The second-order valence-corrected chi connectivity index (χ2v) is 12.4. The highest BCUT2D eigenvalue weighted by Gasteiger charge is 2.33. The average Bonchev–Trinajstić information content (AvgIpc) is 2.98. The molecule has 1 heterocycles. The number of carbonyl (C=O) groups excluding carboxylic acids is 2. The lowest BCUT2D eigenvalue weighted by atomic mass is 10.1. The predicted octanol–water partition coefficient (Wildman–Crippen LogP) is 4.75. The molecule has 4 rings (SSSR count). The van der Waals surface area contributed by atoms with Crippen LogP contribution in [0.1, 0.15) is 32.3 Å². The number of rotatable bonds is 12. The second kappa shape index (κ2) is 13.9. The summed E-state index contributed by atoms with van der Waals surface area (Å²) in [5, 5.41) is 2.89. The molecule has 0 aliphatic carbocycles. The molecule has 2 amide bonds. The number of nitrogens with one attached hydrogen (secondary N) is 1.